The van der Waals surface area contributed by atoms with Crippen molar-refractivity contribution < 1.29 is 4.79 Å². The molecule has 136 valence electrons. The fourth-order valence-electron chi connectivity index (χ4n) is 3.18. The first-order valence-electron chi connectivity index (χ1n) is 8.80. The molecule has 0 spiro atoms. The van der Waals surface area contributed by atoms with Crippen molar-refractivity contribution in [3.63, 3.8) is 0 Å². The smallest absolute Gasteiger partial charge is 0.259 e. The fraction of sp³-hybridized carbons (Fsp3) is 0.200. The van der Waals surface area contributed by atoms with Crippen molar-refractivity contribution in [2.24, 2.45) is 0 Å². The summed E-state index contributed by atoms with van der Waals surface area (Å²) in [7, 11) is 0. The van der Waals surface area contributed by atoms with E-state index in [1.165, 1.54) is 0 Å². The monoisotopic (exact) mass is 360 g/mol. The quantitative estimate of drug-likeness (QED) is 0.576. The Morgan fingerprint density at radius 2 is 1.96 bits per heavy atom. The minimum Gasteiger partial charge on any atom is -0.358 e. The highest BCUT2D eigenvalue weighted by atomic mass is 16.1. The van der Waals surface area contributed by atoms with Crippen LogP contribution in [0.2, 0.25) is 0 Å². The number of benzene rings is 1. The van der Waals surface area contributed by atoms with Crippen molar-refractivity contribution in [3.8, 4) is 11.5 Å². The molecule has 1 amide bonds. The first-order chi connectivity index (χ1) is 13.0. The van der Waals surface area contributed by atoms with Gasteiger partial charge < -0.3 is 14.9 Å². The Hall–Kier alpha value is -3.48. The number of hydrogen-bond donors (Lipinski definition) is 2. The second kappa shape index (κ2) is 6.68. The molecule has 0 aliphatic heterocycles. The normalized spacial score (nSPS) is 11.3. The highest BCUT2D eigenvalue weighted by Crippen LogP contribution is 2.24. The summed E-state index contributed by atoms with van der Waals surface area (Å²) in [6, 6.07) is 13.4. The molecule has 7 heteroatoms. The Balaban J connectivity index is 1.66. The molecule has 27 heavy (non-hydrogen) atoms. The van der Waals surface area contributed by atoms with Gasteiger partial charge in [0.05, 0.1) is 5.56 Å². The molecule has 3 aromatic heterocycles. The standard InChI is InChI=1S/C20H20N6O/c1-12(2)26-11-21-25-19(26)16-9-6-10-17(23-16)24-20(27)18-13(3)22-15-8-5-4-7-14(15)18/h4-12,22H,1-3H3,(H,23,24,27). The number of fused-ring (bicyclic) bond motifs is 1. The summed E-state index contributed by atoms with van der Waals surface area (Å²) in [6.45, 7) is 6.00. The van der Waals surface area contributed by atoms with Crippen molar-refractivity contribution >= 4 is 22.6 Å². The molecule has 0 aliphatic rings. The number of carbonyl (C=O) groups is 1. The Bertz CT molecular complexity index is 1120. The number of H-pyrrole nitrogens is 1. The van der Waals surface area contributed by atoms with E-state index in [0.29, 0.717) is 22.9 Å². The van der Waals surface area contributed by atoms with E-state index in [9.17, 15) is 4.79 Å². The van der Waals surface area contributed by atoms with Gasteiger partial charge >= 0.3 is 0 Å². The van der Waals surface area contributed by atoms with Crippen LogP contribution in [0.3, 0.4) is 0 Å². The number of aryl methyl sites for hydroxylation is 1. The van der Waals surface area contributed by atoms with Gasteiger partial charge in [-0.2, -0.15) is 0 Å². The molecule has 4 rings (SSSR count). The third-order valence-corrected chi connectivity index (χ3v) is 4.47. The van der Waals surface area contributed by atoms with E-state index in [2.05, 4.69) is 39.3 Å². The second-order valence-corrected chi connectivity index (χ2v) is 6.69. The molecule has 0 radical (unpaired) electrons. The summed E-state index contributed by atoms with van der Waals surface area (Å²) in [5.74, 6) is 0.949. The van der Waals surface area contributed by atoms with Gasteiger partial charge in [0, 0.05) is 22.6 Å². The van der Waals surface area contributed by atoms with Crippen LogP contribution in [-0.4, -0.2) is 30.6 Å². The molecular weight excluding hydrogens is 340 g/mol. The van der Waals surface area contributed by atoms with E-state index in [0.717, 1.165) is 16.6 Å². The molecule has 1 aromatic carbocycles. The van der Waals surface area contributed by atoms with Crippen LogP contribution in [0.25, 0.3) is 22.4 Å². The molecule has 0 unspecified atom stereocenters. The van der Waals surface area contributed by atoms with Gasteiger partial charge in [-0.15, -0.1) is 10.2 Å². The number of nitrogens with zero attached hydrogens (tertiary/aromatic N) is 4. The lowest BCUT2D eigenvalue weighted by Gasteiger charge is -2.10. The number of carbonyl (C=O) groups excluding carboxylic acids is 1. The van der Waals surface area contributed by atoms with Crippen LogP contribution in [0.15, 0.2) is 48.8 Å². The number of nitrogens with one attached hydrogen (secondary N) is 2. The lowest BCUT2D eigenvalue weighted by atomic mass is 10.1. The van der Waals surface area contributed by atoms with E-state index in [4.69, 9.17) is 0 Å². The summed E-state index contributed by atoms with van der Waals surface area (Å²) in [5, 5.41) is 11.9. The average Bonchev–Trinajstić information content (AvgIpc) is 3.25. The number of rotatable bonds is 4. The van der Waals surface area contributed by atoms with E-state index in [1.54, 1.807) is 12.4 Å². The third-order valence-electron chi connectivity index (χ3n) is 4.47. The number of para-hydroxylation sites is 1. The zero-order chi connectivity index (χ0) is 19.0. The summed E-state index contributed by atoms with van der Waals surface area (Å²) in [5.41, 5.74) is 3.05. The maximum absolute atomic E-state index is 12.9. The van der Waals surface area contributed by atoms with Gasteiger partial charge in [-0.05, 0) is 39.0 Å². The summed E-state index contributed by atoms with van der Waals surface area (Å²) in [4.78, 5) is 20.7. The number of pyridine rings is 1. The second-order valence-electron chi connectivity index (χ2n) is 6.69. The molecule has 0 bridgehead atoms. The lowest BCUT2D eigenvalue weighted by molar-refractivity contribution is 0.102. The molecule has 4 aromatic rings. The molecule has 0 atom stereocenters. The summed E-state index contributed by atoms with van der Waals surface area (Å²) >= 11 is 0. The van der Waals surface area contributed by atoms with Crippen molar-refractivity contribution in [2.45, 2.75) is 26.8 Å². The first kappa shape index (κ1) is 17.0. The predicted octanol–water partition coefficient (Wildman–Crippen LogP) is 3.96. The zero-order valence-electron chi connectivity index (χ0n) is 15.4. The minimum absolute atomic E-state index is 0.195. The van der Waals surface area contributed by atoms with Crippen molar-refractivity contribution in [1.82, 2.24) is 24.7 Å². The average molecular weight is 360 g/mol. The Morgan fingerprint density at radius 3 is 2.78 bits per heavy atom. The molecule has 0 aliphatic carbocycles. The molecule has 2 N–H and O–H groups in total. The molecular formula is C20H20N6O. The van der Waals surface area contributed by atoms with Crippen LogP contribution < -0.4 is 5.32 Å². The summed E-state index contributed by atoms with van der Waals surface area (Å²) < 4.78 is 1.94. The number of amides is 1. The van der Waals surface area contributed by atoms with Gasteiger partial charge in [-0.25, -0.2) is 4.98 Å². The maximum atomic E-state index is 12.9. The van der Waals surface area contributed by atoms with Gasteiger partial charge in [0.25, 0.3) is 5.91 Å². The van der Waals surface area contributed by atoms with E-state index < -0.39 is 0 Å². The molecule has 0 fully saturated rings. The van der Waals surface area contributed by atoms with Gasteiger partial charge in [0.1, 0.15) is 17.8 Å². The van der Waals surface area contributed by atoms with Crippen molar-refractivity contribution in [2.75, 3.05) is 5.32 Å². The lowest BCUT2D eigenvalue weighted by Crippen LogP contribution is -2.14. The largest absolute Gasteiger partial charge is 0.358 e. The Labute approximate surface area is 156 Å². The Morgan fingerprint density at radius 1 is 1.15 bits per heavy atom. The molecule has 0 saturated heterocycles. The van der Waals surface area contributed by atoms with Crippen LogP contribution in [-0.2, 0) is 0 Å². The van der Waals surface area contributed by atoms with Gasteiger partial charge in [0.2, 0.25) is 0 Å². The Kier molecular flexibility index (Phi) is 4.19. The predicted molar refractivity (Wildman–Crippen MR) is 105 cm³/mol. The van der Waals surface area contributed by atoms with Crippen LogP contribution in [0, 0.1) is 6.92 Å². The van der Waals surface area contributed by atoms with Crippen LogP contribution in [0.5, 0.6) is 0 Å². The highest BCUT2D eigenvalue weighted by molar-refractivity contribution is 6.13. The molecule has 0 saturated carbocycles. The van der Waals surface area contributed by atoms with Gasteiger partial charge in [-0.3, -0.25) is 4.79 Å². The third kappa shape index (κ3) is 3.08. The number of aromatic nitrogens is 5. The molecule has 3 heterocycles. The van der Waals surface area contributed by atoms with Crippen LogP contribution in [0.4, 0.5) is 5.82 Å². The SMILES string of the molecule is Cc1[nH]c2ccccc2c1C(=O)Nc1cccc(-c2nncn2C(C)C)n1. The van der Waals surface area contributed by atoms with Crippen molar-refractivity contribution in [3.05, 3.63) is 60.0 Å². The van der Waals surface area contributed by atoms with E-state index in [1.807, 2.05) is 47.9 Å². The number of aromatic amines is 1. The van der Waals surface area contributed by atoms with Crippen molar-refractivity contribution in [1.29, 1.82) is 0 Å². The van der Waals surface area contributed by atoms with E-state index >= 15 is 0 Å². The van der Waals surface area contributed by atoms with Crippen LogP contribution in [0.1, 0.15) is 35.9 Å². The zero-order valence-corrected chi connectivity index (χ0v) is 15.4. The fourth-order valence-corrected chi connectivity index (χ4v) is 3.18. The number of hydrogen-bond acceptors (Lipinski definition) is 4. The van der Waals surface area contributed by atoms with Gasteiger partial charge in [0.15, 0.2) is 5.82 Å². The van der Waals surface area contributed by atoms with Crippen LogP contribution >= 0.6 is 0 Å². The minimum atomic E-state index is -0.195. The number of anilines is 1. The summed E-state index contributed by atoms with van der Waals surface area (Å²) in [6.07, 6.45) is 1.68. The van der Waals surface area contributed by atoms with Gasteiger partial charge in [-0.1, -0.05) is 24.3 Å². The maximum Gasteiger partial charge on any atom is 0.259 e. The molecule has 7 nitrogen and oxygen atoms in total. The topological polar surface area (TPSA) is 88.5 Å². The highest BCUT2D eigenvalue weighted by Gasteiger charge is 2.17. The van der Waals surface area contributed by atoms with E-state index in [-0.39, 0.29) is 11.9 Å². The first-order valence-corrected chi connectivity index (χ1v) is 8.80.